The van der Waals surface area contributed by atoms with Crippen LogP contribution in [0.5, 0.6) is 5.75 Å². The van der Waals surface area contributed by atoms with E-state index in [9.17, 15) is 0 Å². The van der Waals surface area contributed by atoms with Crippen LogP contribution in [0.1, 0.15) is 38.2 Å². The number of para-hydroxylation sites is 1. The average molecular weight is 301 g/mol. The zero-order valence-corrected chi connectivity index (χ0v) is 13.8. The molecule has 120 valence electrons. The predicted octanol–water partition coefficient (Wildman–Crippen LogP) is 3.04. The number of likely N-dealkylation sites (tertiary alicyclic amines) is 1. The predicted molar refractivity (Wildman–Crippen MR) is 90.3 cm³/mol. The molecule has 0 radical (unpaired) electrons. The summed E-state index contributed by atoms with van der Waals surface area (Å²) >= 11 is 0. The number of hydrogen-bond donors (Lipinski definition) is 1. The lowest BCUT2D eigenvalue weighted by Crippen LogP contribution is -2.42. The van der Waals surface area contributed by atoms with E-state index in [1.54, 1.807) is 7.11 Å². The van der Waals surface area contributed by atoms with Crippen molar-refractivity contribution >= 4 is 5.96 Å². The smallest absolute Gasteiger partial charge is 0.194 e. The molecule has 1 N–H and O–H groups in total. The van der Waals surface area contributed by atoms with Gasteiger partial charge in [-0.2, -0.15) is 0 Å². The van der Waals surface area contributed by atoms with Crippen LogP contribution < -0.4 is 10.1 Å². The van der Waals surface area contributed by atoms with Gasteiger partial charge in [0.15, 0.2) is 5.96 Å². The van der Waals surface area contributed by atoms with E-state index in [2.05, 4.69) is 23.2 Å². The van der Waals surface area contributed by atoms with Gasteiger partial charge in [-0.3, -0.25) is 0 Å². The van der Waals surface area contributed by atoms with Crippen LogP contribution >= 0.6 is 0 Å². The molecule has 1 aromatic rings. The van der Waals surface area contributed by atoms with Crippen molar-refractivity contribution < 1.29 is 4.74 Å². The van der Waals surface area contributed by atoms with Crippen LogP contribution in [0, 0.1) is 5.41 Å². The number of guanidine groups is 1. The van der Waals surface area contributed by atoms with E-state index in [0.29, 0.717) is 12.0 Å². The van der Waals surface area contributed by atoms with Gasteiger partial charge < -0.3 is 15.0 Å². The summed E-state index contributed by atoms with van der Waals surface area (Å²) < 4.78 is 5.42. The second-order valence-electron chi connectivity index (χ2n) is 6.51. The molecule has 1 aliphatic carbocycles. The summed E-state index contributed by atoms with van der Waals surface area (Å²) in [6, 6.07) is 8.12. The fourth-order valence-corrected chi connectivity index (χ4v) is 3.62. The van der Waals surface area contributed by atoms with Crippen LogP contribution in [0.3, 0.4) is 0 Å². The number of methoxy groups -OCH3 is 1. The molecule has 0 unspecified atom stereocenters. The number of nitrogens with zero attached hydrogens (tertiary/aromatic N) is 2. The van der Waals surface area contributed by atoms with Gasteiger partial charge in [0.05, 0.1) is 13.7 Å². The summed E-state index contributed by atoms with van der Waals surface area (Å²) in [5.41, 5.74) is 1.73. The molecule has 1 spiro atoms. The maximum Gasteiger partial charge on any atom is 0.194 e. The van der Waals surface area contributed by atoms with E-state index in [4.69, 9.17) is 9.73 Å². The molecule has 0 amide bonds. The molecule has 1 heterocycles. The Hall–Kier alpha value is -1.71. The molecule has 1 saturated heterocycles. The second-order valence-corrected chi connectivity index (χ2v) is 6.51. The standard InChI is InChI=1S/C18H27N3O/c1-3-19-17(21-12-11-18(14-21)9-6-10-18)20-13-15-7-4-5-8-16(15)22-2/h4-5,7-8H,3,6,9-14H2,1-2H3,(H,19,20). The molecule has 3 rings (SSSR count). The lowest BCUT2D eigenvalue weighted by atomic mass is 9.68. The summed E-state index contributed by atoms with van der Waals surface area (Å²) in [6.45, 7) is 6.01. The summed E-state index contributed by atoms with van der Waals surface area (Å²) in [4.78, 5) is 7.29. The number of ether oxygens (including phenoxy) is 1. The number of hydrogen-bond acceptors (Lipinski definition) is 2. The quantitative estimate of drug-likeness (QED) is 0.686. The summed E-state index contributed by atoms with van der Waals surface area (Å²) in [6.07, 6.45) is 5.53. The number of nitrogens with one attached hydrogen (secondary N) is 1. The van der Waals surface area contributed by atoms with E-state index in [0.717, 1.165) is 30.4 Å². The molecule has 2 fully saturated rings. The van der Waals surface area contributed by atoms with Gasteiger partial charge in [-0.05, 0) is 37.7 Å². The third-order valence-corrected chi connectivity index (χ3v) is 5.08. The first kappa shape index (κ1) is 15.2. The van der Waals surface area contributed by atoms with Gasteiger partial charge in [0, 0.05) is 25.2 Å². The Morgan fingerprint density at radius 3 is 2.77 bits per heavy atom. The molecule has 0 bridgehead atoms. The van der Waals surface area contributed by atoms with Crippen LogP contribution in [0.2, 0.25) is 0 Å². The van der Waals surface area contributed by atoms with Crippen molar-refractivity contribution in [1.82, 2.24) is 10.2 Å². The third-order valence-electron chi connectivity index (χ3n) is 5.08. The maximum atomic E-state index is 5.42. The molecule has 4 heteroatoms. The van der Waals surface area contributed by atoms with Crippen LogP contribution in [0.4, 0.5) is 0 Å². The topological polar surface area (TPSA) is 36.9 Å². The summed E-state index contributed by atoms with van der Waals surface area (Å²) in [5.74, 6) is 1.97. The first-order valence-corrected chi connectivity index (χ1v) is 8.41. The number of rotatable bonds is 4. The van der Waals surface area contributed by atoms with Gasteiger partial charge in [0.1, 0.15) is 5.75 Å². The van der Waals surface area contributed by atoms with Crippen molar-refractivity contribution in [2.24, 2.45) is 10.4 Å². The minimum absolute atomic E-state index is 0.598. The van der Waals surface area contributed by atoms with Crippen molar-refractivity contribution in [3.05, 3.63) is 29.8 Å². The van der Waals surface area contributed by atoms with Crippen molar-refractivity contribution in [1.29, 1.82) is 0 Å². The highest BCUT2D eigenvalue weighted by atomic mass is 16.5. The van der Waals surface area contributed by atoms with Gasteiger partial charge in [-0.25, -0.2) is 4.99 Å². The fourth-order valence-electron chi connectivity index (χ4n) is 3.62. The average Bonchev–Trinajstić information content (AvgIpc) is 2.97. The van der Waals surface area contributed by atoms with Crippen molar-refractivity contribution in [3.63, 3.8) is 0 Å². The normalized spacial score (nSPS) is 20.1. The van der Waals surface area contributed by atoms with E-state index in [1.807, 2.05) is 18.2 Å². The monoisotopic (exact) mass is 301 g/mol. The first-order chi connectivity index (χ1) is 10.8. The Balaban J connectivity index is 1.70. The highest BCUT2D eigenvalue weighted by molar-refractivity contribution is 5.80. The lowest BCUT2D eigenvalue weighted by molar-refractivity contribution is 0.151. The number of benzene rings is 1. The van der Waals surface area contributed by atoms with Gasteiger partial charge in [-0.15, -0.1) is 0 Å². The molecule has 22 heavy (non-hydrogen) atoms. The van der Waals surface area contributed by atoms with Gasteiger partial charge >= 0.3 is 0 Å². The summed E-state index contributed by atoms with van der Waals surface area (Å²) in [7, 11) is 1.72. The Morgan fingerprint density at radius 2 is 2.14 bits per heavy atom. The Kier molecular flexibility index (Phi) is 4.55. The molecule has 0 aromatic heterocycles. The van der Waals surface area contributed by atoms with Crippen molar-refractivity contribution in [2.75, 3.05) is 26.7 Å². The second kappa shape index (κ2) is 6.59. The minimum Gasteiger partial charge on any atom is -0.496 e. The van der Waals surface area contributed by atoms with Crippen LogP contribution in [0.15, 0.2) is 29.3 Å². The molecular weight excluding hydrogens is 274 g/mol. The van der Waals surface area contributed by atoms with E-state index in [-0.39, 0.29) is 0 Å². The largest absolute Gasteiger partial charge is 0.496 e. The molecular formula is C18H27N3O. The third kappa shape index (κ3) is 3.06. The fraction of sp³-hybridized carbons (Fsp3) is 0.611. The lowest BCUT2D eigenvalue weighted by Gasteiger charge is -2.38. The van der Waals surface area contributed by atoms with Gasteiger partial charge in [0.2, 0.25) is 0 Å². The van der Waals surface area contributed by atoms with Gasteiger partial charge in [0.25, 0.3) is 0 Å². The van der Waals surface area contributed by atoms with Crippen LogP contribution in [0.25, 0.3) is 0 Å². The molecule has 0 atom stereocenters. The molecule has 1 saturated carbocycles. The minimum atomic E-state index is 0.598. The maximum absolute atomic E-state index is 5.42. The van der Waals surface area contributed by atoms with Crippen LogP contribution in [-0.2, 0) is 6.54 Å². The number of aliphatic imine (C=N–C) groups is 1. The van der Waals surface area contributed by atoms with Crippen LogP contribution in [-0.4, -0.2) is 37.6 Å². The summed E-state index contributed by atoms with van der Waals surface area (Å²) in [5, 5.41) is 3.45. The molecule has 1 aliphatic heterocycles. The Labute approximate surface area is 133 Å². The highest BCUT2D eigenvalue weighted by Gasteiger charge is 2.43. The van der Waals surface area contributed by atoms with Crippen molar-refractivity contribution in [3.8, 4) is 5.75 Å². The Morgan fingerprint density at radius 1 is 1.32 bits per heavy atom. The van der Waals surface area contributed by atoms with Gasteiger partial charge in [-0.1, -0.05) is 24.6 Å². The highest BCUT2D eigenvalue weighted by Crippen LogP contribution is 2.47. The Bertz CT molecular complexity index is 537. The zero-order chi connectivity index (χ0) is 15.4. The van der Waals surface area contributed by atoms with Crippen molar-refractivity contribution in [2.45, 2.75) is 39.2 Å². The molecule has 2 aliphatic rings. The first-order valence-electron chi connectivity index (χ1n) is 8.41. The van der Waals surface area contributed by atoms with E-state index >= 15 is 0 Å². The zero-order valence-electron chi connectivity index (χ0n) is 13.8. The van der Waals surface area contributed by atoms with E-state index < -0.39 is 0 Å². The SMILES string of the molecule is CCNC(=NCc1ccccc1OC)N1CCC2(CCC2)C1. The molecule has 1 aromatic carbocycles. The molecule has 4 nitrogen and oxygen atoms in total. The van der Waals surface area contributed by atoms with E-state index in [1.165, 1.54) is 32.2 Å².